The fourth-order valence-corrected chi connectivity index (χ4v) is 4.15. The number of nitrogens with zero attached hydrogens (tertiary/aromatic N) is 2. The average molecular weight is 416 g/mol. The number of halogens is 1. The summed E-state index contributed by atoms with van der Waals surface area (Å²) in [5.74, 6) is -0.497. The first-order valence-electron chi connectivity index (χ1n) is 8.41. The second kappa shape index (κ2) is 8.41. The van der Waals surface area contributed by atoms with Crippen molar-refractivity contribution < 1.29 is 13.2 Å². The number of pyridine rings is 1. The van der Waals surface area contributed by atoms with E-state index < -0.39 is 22.5 Å². The van der Waals surface area contributed by atoms with Crippen LogP contribution in [0.1, 0.15) is 5.56 Å². The summed E-state index contributed by atoms with van der Waals surface area (Å²) in [7, 11) is -3.98. The molecule has 28 heavy (non-hydrogen) atoms. The molecule has 0 aliphatic heterocycles. The number of sulfonamides is 1. The number of carbonyl (C=O) groups is 1. The number of anilines is 2. The topological polar surface area (TPSA) is 79.4 Å². The maximum Gasteiger partial charge on any atom is 0.264 e. The van der Waals surface area contributed by atoms with Gasteiger partial charge in [-0.15, -0.1) is 0 Å². The van der Waals surface area contributed by atoms with Crippen LogP contribution in [0.5, 0.6) is 0 Å². The molecule has 3 aromatic rings. The first-order valence-corrected chi connectivity index (χ1v) is 10.2. The van der Waals surface area contributed by atoms with Gasteiger partial charge in [0.1, 0.15) is 6.54 Å². The van der Waals surface area contributed by atoms with Gasteiger partial charge in [-0.3, -0.25) is 14.1 Å². The van der Waals surface area contributed by atoms with Gasteiger partial charge in [0.2, 0.25) is 5.91 Å². The Balaban J connectivity index is 1.95. The van der Waals surface area contributed by atoms with Gasteiger partial charge in [0, 0.05) is 11.2 Å². The van der Waals surface area contributed by atoms with Crippen LogP contribution in [-0.4, -0.2) is 25.9 Å². The third kappa shape index (κ3) is 4.68. The van der Waals surface area contributed by atoms with Crippen molar-refractivity contribution in [1.82, 2.24) is 4.98 Å². The van der Waals surface area contributed by atoms with Gasteiger partial charge >= 0.3 is 0 Å². The number of rotatable bonds is 6. The molecule has 0 aliphatic rings. The number of amides is 1. The average Bonchev–Trinajstić information content (AvgIpc) is 2.67. The van der Waals surface area contributed by atoms with Crippen molar-refractivity contribution in [3.63, 3.8) is 0 Å². The molecule has 1 aromatic heterocycles. The molecule has 144 valence electrons. The van der Waals surface area contributed by atoms with Gasteiger partial charge in [0.25, 0.3) is 10.0 Å². The van der Waals surface area contributed by atoms with Crippen LogP contribution in [0.2, 0.25) is 5.02 Å². The Hall–Kier alpha value is -2.90. The minimum Gasteiger partial charge on any atom is -0.323 e. The van der Waals surface area contributed by atoms with E-state index in [4.69, 9.17) is 11.6 Å². The van der Waals surface area contributed by atoms with E-state index in [0.717, 1.165) is 9.87 Å². The van der Waals surface area contributed by atoms with Crippen LogP contribution >= 0.6 is 11.6 Å². The monoisotopic (exact) mass is 415 g/mol. The van der Waals surface area contributed by atoms with Gasteiger partial charge in [0.05, 0.1) is 22.5 Å². The van der Waals surface area contributed by atoms with Gasteiger partial charge in [-0.05, 0) is 49.4 Å². The van der Waals surface area contributed by atoms with Crippen LogP contribution in [0.3, 0.4) is 0 Å². The summed E-state index contributed by atoms with van der Waals surface area (Å²) in [6, 6.07) is 16.2. The molecule has 1 N–H and O–H groups in total. The molecule has 0 bridgehead atoms. The van der Waals surface area contributed by atoms with Crippen LogP contribution in [-0.2, 0) is 14.8 Å². The summed E-state index contributed by atoms with van der Waals surface area (Å²) in [6.45, 7) is 1.46. The quantitative estimate of drug-likeness (QED) is 0.662. The predicted molar refractivity (Wildman–Crippen MR) is 110 cm³/mol. The van der Waals surface area contributed by atoms with Crippen LogP contribution in [0.4, 0.5) is 11.4 Å². The number of aryl methyl sites for hydroxylation is 1. The largest absolute Gasteiger partial charge is 0.323 e. The zero-order valence-electron chi connectivity index (χ0n) is 15.0. The molecular formula is C20H18ClN3O3S. The lowest BCUT2D eigenvalue weighted by Crippen LogP contribution is -2.38. The SMILES string of the molecule is Cc1ccc(S(=O)(=O)N(CC(=O)Nc2cccnc2)c2cccc(Cl)c2)cc1. The van der Waals surface area contributed by atoms with Crippen molar-refractivity contribution in [3.8, 4) is 0 Å². The van der Waals surface area contributed by atoms with Crippen LogP contribution in [0, 0.1) is 6.92 Å². The fourth-order valence-electron chi connectivity index (χ4n) is 2.55. The van der Waals surface area contributed by atoms with Gasteiger partial charge in [-0.2, -0.15) is 0 Å². The van der Waals surface area contributed by atoms with Gasteiger partial charge in [-0.25, -0.2) is 8.42 Å². The summed E-state index contributed by atoms with van der Waals surface area (Å²) < 4.78 is 27.5. The molecule has 0 radical (unpaired) electrons. The summed E-state index contributed by atoms with van der Waals surface area (Å²) in [4.78, 5) is 16.6. The number of aromatic nitrogens is 1. The highest BCUT2D eigenvalue weighted by atomic mass is 35.5. The number of benzene rings is 2. The van der Waals surface area contributed by atoms with E-state index in [1.165, 1.54) is 24.4 Å². The Morgan fingerprint density at radius 3 is 2.50 bits per heavy atom. The van der Waals surface area contributed by atoms with Crippen molar-refractivity contribution in [2.24, 2.45) is 0 Å². The lowest BCUT2D eigenvalue weighted by Gasteiger charge is -2.24. The summed E-state index contributed by atoms with van der Waals surface area (Å²) in [6.07, 6.45) is 3.06. The lowest BCUT2D eigenvalue weighted by molar-refractivity contribution is -0.114. The number of hydrogen-bond acceptors (Lipinski definition) is 4. The van der Waals surface area contributed by atoms with Gasteiger partial charge in [0.15, 0.2) is 0 Å². The first kappa shape index (κ1) is 19.9. The molecule has 0 atom stereocenters. The zero-order valence-corrected chi connectivity index (χ0v) is 16.6. The molecule has 0 unspecified atom stereocenters. The second-order valence-electron chi connectivity index (χ2n) is 6.09. The van der Waals surface area contributed by atoms with E-state index in [-0.39, 0.29) is 4.90 Å². The Bertz CT molecular complexity index is 1070. The highest BCUT2D eigenvalue weighted by Gasteiger charge is 2.27. The molecule has 2 aromatic carbocycles. The predicted octanol–water partition coefficient (Wildman–Crippen LogP) is 3.88. The normalized spacial score (nSPS) is 11.1. The van der Waals surface area contributed by atoms with Crippen molar-refractivity contribution in [2.45, 2.75) is 11.8 Å². The third-order valence-electron chi connectivity index (χ3n) is 3.94. The zero-order chi connectivity index (χ0) is 20.1. The Morgan fingerprint density at radius 1 is 1.11 bits per heavy atom. The molecule has 0 aliphatic carbocycles. The maximum absolute atomic E-state index is 13.2. The minimum atomic E-state index is -3.98. The highest BCUT2D eigenvalue weighted by molar-refractivity contribution is 7.92. The van der Waals surface area contributed by atoms with Crippen molar-refractivity contribution >= 4 is 38.9 Å². The Kier molecular flexibility index (Phi) is 5.96. The lowest BCUT2D eigenvalue weighted by atomic mass is 10.2. The molecule has 8 heteroatoms. The van der Waals surface area contributed by atoms with E-state index >= 15 is 0 Å². The summed E-state index contributed by atoms with van der Waals surface area (Å²) in [5.41, 5.74) is 1.71. The Labute approximate surface area is 168 Å². The maximum atomic E-state index is 13.2. The van der Waals surface area contributed by atoms with Crippen LogP contribution < -0.4 is 9.62 Å². The first-order chi connectivity index (χ1) is 13.4. The molecule has 0 fully saturated rings. The fraction of sp³-hybridized carbons (Fsp3) is 0.100. The standard InChI is InChI=1S/C20H18ClN3O3S/c1-15-7-9-19(10-8-15)28(26,27)24(18-6-2-4-16(21)12-18)14-20(25)23-17-5-3-11-22-13-17/h2-13H,14H2,1H3,(H,23,25). The highest BCUT2D eigenvalue weighted by Crippen LogP contribution is 2.26. The molecule has 1 heterocycles. The Morgan fingerprint density at radius 2 is 1.86 bits per heavy atom. The smallest absolute Gasteiger partial charge is 0.264 e. The molecule has 0 saturated carbocycles. The molecular weight excluding hydrogens is 398 g/mol. The van der Waals surface area contributed by atoms with Crippen LogP contribution in [0.15, 0.2) is 78.0 Å². The summed E-state index contributed by atoms with van der Waals surface area (Å²) in [5, 5.41) is 3.02. The number of carbonyl (C=O) groups excluding carboxylic acids is 1. The number of hydrogen-bond donors (Lipinski definition) is 1. The molecule has 0 spiro atoms. The number of nitrogens with one attached hydrogen (secondary N) is 1. The molecule has 3 rings (SSSR count). The van der Waals surface area contributed by atoms with Crippen molar-refractivity contribution in [2.75, 3.05) is 16.2 Å². The van der Waals surface area contributed by atoms with E-state index in [1.807, 2.05) is 6.92 Å². The van der Waals surface area contributed by atoms with E-state index in [1.54, 1.807) is 48.7 Å². The molecule has 0 saturated heterocycles. The van der Waals surface area contributed by atoms with E-state index in [9.17, 15) is 13.2 Å². The van der Waals surface area contributed by atoms with E-state index in [0.29, 0.717) is 16.4 Å². The van der Waals surface area contributed by atoms with Gasteiger partial charge < -0.3 is 5.32 Å². The third-order valence-corrected chi connectivity index (χ3v) is 5.96. The van der Waals surface area contributed by atoms with Crippen molar-refractivity contribution in [3.05, 3.63) is 83.6 Å². The van der Waals surface area contributed by atoms with E-state index in [2.05, 4.69) is 10.3 Å². The minimum absolute atomic E-state index is 0.0900. The molecule has 6 nitrogen and oxygen atoms in total. The summed E-state index contributed by atoms with van der Waals surface area (Å²) >= 11 is 6.04. The van der Waals surface area contributed by atoms with Gasteiger partial charge in [-0.1, -0.05) is 35.4 Å². The van der Waals surface area contributed by atoms with Crippen LogP contribution in [0.25, 0.3) is 0 Å². The second-order valence-corrected chi connectivity index (χ2v) is 8.39. The van der Waals surface area contributed by atoms with Crippen molar-refractivity contribution in [1.29, 1.82) is 0 Å². The molecule has 1 amide bonds.